The maximum absolute atomic E-state index is 12.9. The standard InChI is InChI=1S/C21H23F3N2O4S/c1-30-18-7-9-19(10-8-18)31(28,29)26-11-3-5-16(14-26)20(27)25-13-15-4-2-6-17(12-15)21(22,23)24/h2,4,6-10,12,16H,3,5,11,13-14H2,1H3,(H,25,27)/t16-/m0/s1. The smallest absolute Gasteiger partial charge is 0.416 e. The number of piperidine rings is 1. The Morgan fingerprint density at radius 2 is 1.90 bits per heavy atom. The predicted molar refractivity (Wildman–Crippen MR) is 108 cm³/mol. The average molecular weight is 456 g/mol. The van der Waals surface area contributed by atoms with Crippen LogP contribution in [0.15, 0.2) is 53.4 Å². The minimum atomic E-state index is -4.46. The Kier molecular flexibility index (Phi) is 6.90. The molecule has 10 heteroatoms. The Hall–Kier alpha value is -2.59. The number of alkyl halides is 3. The Morgan fingerprint density at radius 3 is 2.55 bits per heavy atom. The first-order chi connectivity index (χ1) is 14.6. The molecule has 1 amide bonds. The molecule has 2 aromatic rings. The Balaban J connectivity index is 1.64. The summed E-state index contributed by atoms with van der Waals surface area (Å²) in [6, 6.07) is 10.7. The maximum atomic E-state index is 12.9. The Bertz CT molecular complexity index is 1020. The van der Waals surface area contributed by atoms with E-state index in [4.69, 9.17) is 4.74 Å². The summed E-state index contributed by atoms with van der Waals surface area (Å²) in [4.78, 5) is 12.7. The van der Waals surface area contributed by atoms with Gasteiger partial charge in [-0.25, -0.2) is 8.42 Å². The lowest BCUT2D eigenvalue weighted by Crippen LogP contribution is -2.45. The van der Waals surface area contributed by atoms with Crippen molar-refractivity contribution in [3.8, 4) is 5.75 Å². The molecule has 168 valence electrons. The molecule has 0 aromatic heterocycles. The number of halogens is 3. The molecule has 1 N–H and O–H groups in total. The average Bonchev–Trinajstić information content (AvgIpc) is 2.77. The van der Waals surface area contributed by atoms with Crippen LogP contribution in [0.4, 0.5) is 13.2 Å². The summed E-state index contributed by atoms with van der Waals surface area (Å²) in [7, 11) is -2.29. The van der Waals surface area contributed by atoms with E-state index in [2.05, 4.69) is 5.32 Å². The number of benzene rings is 2. The van der Waals surface area contributed by atoms with Crippen LogP contribution < -0.4 is 10.1 Å². The SMILES string of the molecule is COc1ccc(S(=O)(=O)N2CCC[C@H](C(=O)NCc3cccc(C(F)(F)F)c3)C2)cc1. The van der Waals surface area contributed by atoms with Gasteiger partial charge in [-0.1, -0.05) is 12.1 Å². The van der Waals surface area contributed by atoms with Crippen molar-refractivity contribution in [2.45, 2.75) is 30.5 Å². The number of hydrogen-bond donors (Lipinski definition) is 1. The van der Waals surface area contributed by atoms with E-state index < -0.39 is 27.7 Å². The third-order valence-corrected chi connectivity index (χ3v) is 7.05. The molecule has 0 bridgehead atoms. The number of amides is 1. The first-order valence-corrected chi connectivity index (χ1v) is 11.1. The molecule has 0 aliphatic carbocycles. The largest absolute Gasteiger partial charge is 0.497 e. The summed E-state index contributed by atoms with van der Waals surface area (Å²) >= 11 is 0. The van der Waals surface area contributed by atoms with Crippen LogP contribution in [0.5, 0.6) is 5.75 Å². The molecule has 1 atom stereocenters. The first-order valence-electron chi connectivity index (χ1n) is 9.69. The van der Waals surface area contributed by atoms with E-state index in [-0.39, 0.29) is 23.9 Å². The number of rotatable bonds is 6. The normalized spacial score (nSPS) is 17.9. The highest BCUT2D eigenvalue weighted by atomic mass is 32.2. The summed E-state index contributed by atoms with van der Waals surface area (Å²) in [6.07, 6.45) is -3.44. The third-order valence-electron chi connectivity index (χ3n) is 5.17. The van der Waals surface area contributed by atoms with Gasteiger partial charge in [0.05, 0.1) is 23.5 Å². The number of nitrogens with one attached hydrogen (secondary N) is 1. The molecule has 3 rings (SSSR count). The number of methoxy groups -OCH3 is 1. The van der Waals surface area contributed by atoms with Crippen molar-refractivity contribution in [3.05, 3.63) is 59.7 Å². The molecule has 1 saturated heterocycles. The quantitative estimate of drug-likeness (QED) is 0.723. The van der Waals surface area contributed by atoms with E-state index in [1.807, 2.05) is 0 Å². The van der Waals surface area contributed by atoms with Crippen LogP contribution in [0, 0.1) is 5.92 Å². The molecule has 1 aliphatic heterocycles. The zero-order valence-corrected chi connectivity index (χ0v) is 17.7. The van der Waals surface area contributed by atoms with E-state index in [9.17, 15) is 26.4 Å². The number of ether oxygens (including phenoxy) is 1. The molecular weight excluding hydrogens is 433 g/mol. The van der Waals surface area contributed by atoms with E-state index in [1.165, 1.54) is 35.7 Å². The number of nitrogens with zero attached hydrogens (tertiary/aromatic N) is 1. The van der Waals surface area contributed by atoms with Crippen LogP contribution in [0.2, 0.25) is 0 Å². The molecular formula is C21H23F3N2O4S. The second-order valence-electron chi connectivity index (χ2n) is 7.29. The van der Waals surface area contributed by atoms with Crippen molar-refractivity contribution in [1.29, 1.82) is 0 Å². The zero-order valence-electron chi connectivity index (χ0n) is 16.9. The fourth-order valence-corrected chi connectivity index (χ4v) is 4.99. The molecule has 6 nitrogen and oxygen atoms in total. The van der Waals surface area contributed by atoms with Gasteiger partial charge in [-0.05, 0) is 54.8 Å². The summed E-state index contributed by atoms with van der Waals surface area (Å²) in [5.74, 6) is -0.427. The third kappa shape index (κ3) is 5.56. The minimum absolute atomic E-state index is 0.0167. The molecule has 0 saturated carbocycles. The summed E-state index contributed by atoms with van der Waals surface area (Å²) in [5.41, 5.74) is -0.463. The lowest BCUT2D eigenvalue weighted by atomic mass is 9.98. The minimum Gasteiger partial charge on any atom is -0.497 e. The van der Waals surface area contributed by atoms with E-state index in [0.29, 0.717) is 30.7 Å². The molecule has 0 spiro atoms. The van der Waals surface area contributed by atoms with Crippen LogP contribution in [0.1, 0.15) is 24.0 Å². The highest BCUT2D eigenvalue weighted by Crippen LogP contribution is 2.29. The van der Waals surface area contributed by atoms with Gasteiger partial charge in [0, 0.05) is 19.6 Å². The first kappa shape index (κ1) is 23.1. The monoisotopic (exact) mass is 456 g/mol. The fourth-order valence-electron chi connectivity index (χ4n) is 3.46. The number of sulfonamides is 1. The molecule has 1 fully saturated rings. The summed E-state index contributed by atoms with van der Waals surface area (Å²) < 4.78 is 70.7. The fraction of sp³-hybridized carbons (Fsp3) is 0.381. The summed E-state index contributed by atoms with van der Waals surface area (Å²) in [5, 5.41) is 2.63. The van der Waals surface area contributed by atoms with Gasteiger partial charge in [-0.15, -0.1) is 0 Å². The molecule has 1 heterocycles. The molecule has 1 aliphatic rings. The Morgan fingerprint density at radius 1 is 1.19 bits per heavy atom. The van der Waals surface area contributed by atoms with Crippen molar-refractivity contribution in [2.24, 2.45) is 5.92 Å². The molecule has 31 heavy (non-hydrogen) atoms. The summed E-state index contributed by atoms with van der Waals surface area (Å²) in [6.45, 7) is 0.249. The highest BCUT2D eigenvalue weighted by Gasteiger charge is 2.33. The topological polar surface area (TPSA) is 75.7 Å². The Labute approximate surface area is 179 Å². The molecule has 0 unspecified atom stereocenters. The van der Waals surface area contributed by atoms with Gasteiger partial charge >= 0.3 is 6.18 Å². The van der Waals surface area contributed by atoms with Crippen LogP contribution >= 0.6 is 0 Å². The van der Waals surface area contributed by atoms with Gasteiger partial charge in [0.15, 0.2) is 0 Å². The number of hydrogen-bond acceptors (Lipinski definition) is 4. The lowest BCUT2D eigenvalue weighted by Gasteiger charge is -2.31. The van der Waals surface area contributed by atoms with Crippen molar-refractivity contribution < 1.29 is 31.1 Å². The van der Waals surface area contributed by atoms with E-state index in [1.54, 1.807) is 12.1 Å². The maximum Gasteiger partial charge on any atom is 0.416 e. The van der Waals surface area contributed by atoms with Crippen LogP contribution in [0.3, 0.4) is 0 Å². The van der Waals surface area contributed by atoms with Crippen molar-refractivity contribution in [3.63, 3.8) is 0 Å². The second-order valence-corrected chi connectivity index (χ2v) is 9.23. The zero-order chi connectivity index (χ0) is 22.6. The molecule has 2 aromatic carbocycles. The number of carbonyl (C=O) groups excluding carboxylic acids is 1. The van der Waals surface area contributed by atoms with Gasteiger partial charge in [0.2, 0.25) is 15.9 Å². The predicted octanol–water partition coefficient (Wildman–Crippen LogP) is 3.43. The van der Waals surface area contributed by atoms with E-state index in [0.717, 1.165) is 12.1 Å². The van der Waals surface area contributed by atoms with Gasteiger partial charge < -0.3 is 10.1 Å². The molecule has 0 radical (unpaired) electrons. The van der Waals surface area contributed by atoms with Gasteiger partial charge in [-0.3, -0.25) is 4.79 Å². The van der Waals surface area contributed by atoms with Gasteiger partial charge in [0.25, 0.3) is 0 Å². The number of carbonyl (C=O) groups is 1. The lowest BCUT2D eigenvalue weighted by molar-refractivity contribution is -0.137. The van der Waals surface area contributed by atoms with Gasteiger partial charge in [-0.2, -0.15) is 17.5 Å². The van der Waals surface area contributed by atoms with Crippen molar-refractivity contribution in [2.75, 3.05) is 20.2 Å². The van der Waals surface area contributed by atoms with Gasteiger partial charge in [0.1, 0.15) is 5.75 Å². The van der Waals surface area contributed by atoms with Crippen LogP contribution in [-0.2, 0) is 27.5 Å². The van der Waals surface area contributed by atoms with Crippen molar-refractivity contribution in [1.82, 2.24) is 9.62 Å². The van der Waals surface area contributed by atoms with Crippen LogP contribution in [-0.4, -0.2) is 38.8 Å². The van der Waals surface area contributed by atoms with Crippen molar-refractivity contribution >= 4 is 15.9 Å². The van der Waals surface area contributed by atoms with Crippen LogP contribution in [0.25, 0.3) is 0 Å². The second kappa shape index (κ2) is 9.27. The highest BCUT2D eigenvalue weighted by molar-refractivity contribution is 7.89. The van der Waals surface area contributed by atoms with E-state index >= 15 is 0 Å².